The van der Waals surface area contributed by atoms with Gasteiger partial charge in [0.15, 0.2) is 0 Å². The van der Waals surface area contributed by atoms with E-state index in [0.717, 1.165) is 11.1 Å². The van der Waals surface area contributed by atoms with E-state index in [9.17, 15) is 19.0 Å². The molecule has 1 saturated heterocycles. The summed E-state index contributed by atoms with van der Waals surface area (Å²) in [5, 5.41) is 18.5. The molecular weight excluding hydrogens is 585 g/mol. The lowest BCUT2D eigenvalue weighted by molar-refractivity contribution is 0.0829. The van der Waals surface area contributed by atoms with Crippen LogP contribution in [0.25, 0.3) is 0 Å². The summed E-state index contributed by atoms with van der Waals surface area (Å²) in [5.74, 6) is 0.327. The molecule has 0 bridgehead atoms. The molecule has 41 heavy (non-hydrogen) atoms. The third-order valence-electron chi connectivity index (χ3n) is 6.63. The first-order valence-corrected chi connectivity index (χ1v) is 16.0. The fourth-order valence-corrected chi connectivity index (χ4v) is 6.95. The molecule has 4 rings (SSSR count). The second kappa shape index (κ2) is 14.1. The second-order valence-corrected chi connectivity index (χ2v) is 13.4. The first-order valence-electron chi connectivity index (χ1n) is 13.5. The van der Waals surface area contributed by atoms with Gasteiger partial charge in [0.05, 0.1) is 29.7 Å². The van der Waals surface area contributed by atoms with Crippen LogP contribution < -0.4 is 19.7 Å². The summed E-state index contributed by atoms with van der Waals surface area (Å²) in [6.45, 7) is 4.87. The highest BCUT2D eigenvalue weighted by Crippen LogP contribution is 2.51. The number of halogens is 2. The minimum atomic E-state index is -2.96. The molecule has 3 aromatic rings. The number of anilines is 1. The molecule has 0 saturated carbocycles. The molecule has 3 aromatic carbocycles. The van der Waals surface area contributed by atoms with Crippen LogP contribution in [0.3, 0.4) is 0 Å². The number of hydrogen-bond donors (Lipinski definition) is 5. The number of aliphatic hydroxyl groups excluding tert-OH is 1. The Hall–Kier alpha value is -2.50. The van der Waals surface area contributed by atoms with Gasteiger partial charge in [0.25, 0.3) is 5.91 Å². The van der Waals surface area contributed by atoms with Crippen molar-refractivity contribution in [1.82, 2.24) is 10.6 Å². The molecule has 1 amide bonds. The van der Waals surface area contributed by atoms with E-state index < -0.39 is 28.8 Å². The second-order valence-electron chi connectivity index (χ2n) is 10.4. The molecule has 2 atom stereocenters. The normalized spacial score (nSPS) is 16.8. The average molecular weight is 623 g/mol. The van der Waals surface area contributed by atoms with Crippen molar-refractivity contribution in [2.45, 2.75) is 51.5 Å². The highest BCUT2D eigenvalue weighted by atomic mass is 35.5. The van der Waals surface area contributed by atoms with Crippen molar-refractivity contribution < 1.29 is 23.7 Å². The Bertz CT molecular complexity index is 1310. The maximum atomic E-state index is 13.6. The predicted molar refractivity (Wildman–Crippen MR) is 167 cm³/mol. The van der Waals surface area contributed by atoms with E-state index in [4.69, 9.17) is 27.9 Å². The van der Waals surface area contributed by atoms with Crippen molar-refractivity contribution in [3.63, 3.8) is 0 Å². The lowest BCUT2D eigenvalue weighted by atomic mass is 10.00. The highest BCUT2D eigenvalue weighted by Gasteiger charge is 2.30. The van der Waals surface area contributed by atoms with Gasteiger partial charge >= 0.3 is 0 Å². The monoisotopic (exact) mass is 621 g/mol. The summed E-state index contributed by atoms with van der Waals surface area (Å²) < 4.78 is 28.5. The molecule has 1 heterocycles. The molecular formula is C30H37Cl2N3O5S. The zero-order chi connectivity index (χ0) is 29.6. The molecule has 1 fully saturated rings. The zero-order valence-electron chi connectivity index (χ0n) is 23.1. The highest BCUT2D eigenvalue weighted by molar-refractivity contribution is 8.25. The van der Waals surface area contributed by atoms with E-state index in [-0.39, 0.29) is 18.4 Å². The number of amides is 1. The Labute approximate surface area is 253 Å². The van der Waals surface area contributed by atoms with Gasteiger partial charge < -0.3 is 20.5 Å². The van der Waals surface area contributed by atoms with Crippen LogP contribution in [-0.2, 0) is 13.0 Å². The fourth-order valence-electron chi connectivity index (χ4n) is 4.78. The lowest BCUT2D eigenvalue weighted by Gasteiger charge is -2.38. The van der Waals surface area contributed by atoms with Crippen molar-refractivity contribution in [1.29, 1.82) is 0 Å². The smallest absolute Gasteiger partial charge is 0.251 e. The van der Waals surface area contributed by atoms with Gasteiger partial charge in [0, 0.05) is 41.3 Å². The standard InChI is InChI=1S/C30H37Cl2N3O5S/c1-20(2)40-27-15-23(14-26(17-27)35-9-6-10-41(35,38)39)30(37)34-28(13-21-7-4-3-5-8-21)29(36)19-33-18-22-11-24(31)16-25(32)12-22/h3-5,7-8,11-12,14-17,20,28-29,33,36,38-39H,6,9-10,13,18-19H2,1-2H3,(H,34,37)/t28-,29+/m0/s1. The summed E-state index contributed by atoms with van der Waals surface area (Å²) in [6.07, 6.45) is -0.0268. The maximum absolute atomic E-state index is 13.6. The molecule has 1 aliphatic heterocycles. The first-order chi connectivity index (χ1) is 19.5. The number of aliphatic hydroxyl groups is 1. The van der Waals surface area contributed by atoms with Crippen LogP contribution in [0.15, 0.2) is 66.7 Å². The molecule has 11 heteroatoms. The summed E-state index contributed by atoms with van der Waals surface area (Å²) in [4.78, 5) is 13.6. The number of benzene rings is 3. The Balaban J connectivity index is 1.53. The Morgan fingerprint density at radius 2 is 1.73 bits per heavy atom. The van der Waals surface area contributed by atoms with Gasteiger partial charge in [-0.05, 0) is 68.1 Å². The van der Waals surface area contributed by atoms with Crippen molar-refractivity contribution in [3.05, 3.63) is 93.5 Å². The van der Waals surface area contributed by atoms with Crippen LogP contribution in [0.5, 0.6) is 5.75 Å². The predicted octanol–water partition coefficient (Wildman–Crippen LogP) is 6.15. The van der Waals surface area contributed by atoms with Gasteiger partial charge in [-0.3, -0.25) is 18.2 Å². The fraction of sp³-hybridized carbons (Fsp3) is 0.367. The average Bonchev–Trinajstić information content (AvgIpc) is 3.26. The molecule has 0 radical (unpaired) electrons. The van der Waals surface area contributed by atoms with Crippen molar-refractivity contribution in [3.8, 4) is 5.75 Å². The van der Waals surface area contributed by atoms with Crippen LogP contribution in [-0.4, -0.2) is 57.2 Å². The van der Waals surface area contributed by atoms with Crippen LogP contribution in [0, 0.1) is 0 Å². The summed E-state index contributed by atoms with van der Waals surface area (Å²) in [6, 6.07) is 19.3. The van der Waals surface area contributed by atoms with Gasteiger partial charge in [-0.1, -0.05) is 53.5 Å². The quantitative estimate of drug-likeness (QED) is 0.165. The molecule has 0 unspecified atom stereocenters. The summed E-state index contributed by atoms with van der Waals surface area (Å²) in [7, 11) is -2.96. The van der Waals surface area contributed by atoms with E-state index in [2.05, 4.69) is 10.6 Å². The third-order valence-corrected chi connectivity index (χ3v) is 9.00. The topological polar surface area (TPSA) is 114 Å². The van der Waals surface area contributed by atoms with Crippen LogP contribution in [0.1, 0.15) is 41.8 Å². The molecule has 0 spiro atoms. The van der Waals surface area contributed by atoms with Gasteiger partial charge in [-0.15, -0.1) is 10.8 Å². The summed E-state index contributed by atoms with van der Waals surface area (Å²) >= 11 is 12.2. The van der Waals surface area contributed by atoms with E-state index in [1.54, 1.807) is 40.7 Å². The number of nitrogens with zero attached hydrogens (tertiary/aromatic N) is 1. The summed E-state index contributed by atoms with van der Waals surface area (Å²) in [5.41, 5.74) is 2.64. The van der Waals surface area contributed by atoms with Crippen molar-refractivity contribution in [2.24, 2.45) is 0 Å². The van der Waals surface area contributed by atoms with Crippen LogP contribution in [0.2, 0.25) is 10.0 Å². The number of rotatable bonds is 12. The van der Waals surface area contributed by atoms with Gasteiger partial charge in [0.1, 0.15) is 5.75 Å². The minimum absolute atomic E-state index is 0.145. The molecule has 0 aromatic heterocycles. The molecule has 8 nitrogen and oxygen atoms in total. The Kier molecular flexibility index (Phi) is 10.8. The number of hydrogen-bond acceptors (Lipinski definition) is 7. The third kappa shape index (κ3) is 8.99. The van der Waals surface area contributed by atoms with Gasteiger partial charge in [-0.25, -0.2) is 0 Å². The van der Waals surface area contributed by atoms with Crippen LogP contribution >= 0.6 is 34.0 Å². The van der Waals surface area contributed by atoms with E-state index >= 15 is 0 Å². The first kappa shape index (κ1) is 31.4. The minimum Gasteiger partial charge on any atom is -0.491 e. The van der Waals surface area contributed by atoms with Crippen LogP contribution in [0.4, 0.5) is 5.69 Å². The largest absolute Gasteiger partial charge is 0.491 e. The number of carbonyl (C=O) groups excluding carboxylic acids is 1. The number of ether oxygens (including phenoxy) is 1. The number of nitrogens with one attached hydrogen (secondary N) is 2. The van der Waals surface area contributed by atoms with E-state index in [0.29, 0.717) is 53.0 Å². The Morgan fingerprint density at radius 1 is 1.02 bits per heavy atom. The van der Waals surface area contributed by atoms with E-state index in [1.165, 1.54) is 0 Å². The molecule has 5 N–H and O–H groups in total. The van der Waals surface area contributed by atoms with Gasteiger partial charge in [-0.2, -0.15) is 0 Å². The SMILES string of the molecule is CC(C)Oc1cc(C(=O)N[C@@H](Cc2ccccc2)[C@H](O)CNCc2cc(Cl)cc(Cl)c2)cc(N2CCCS2(O)O)c1. The molecule has 1 aliphatic rings. The van der Waals surface area contributed by atoms with Gasteiger partial charge in [0.2, 0.25) is 0 Å². The maximum Gasteiger partial charge on any atom is 0.251 e. The zero-order valence-corrected chi connectivity index (χ0v) is 25.4. The Morgan fingerprint density at radius 3 is 2.37 bits per heavy atom. The lowest BCUT2D eigenvalue weighted by Crippen LogP contribution is -2.48. The van der Waals surface area contributed by atoms with Crippen molar-refractivity contribution in [2.75, 3.05) is 23.1 Å². The molecule has 222 valence electrons. The number of carbonyl (C=O) groups is 1. The molecule has 0 aliphatic carbocycles. The van der Waals surface area contributed by atoms with Crippen molar-refractivity contribution >= 4 is 45.6 Å². The van der Waals surface area contributed by atoms with E-state index in [1.807, 2.05) is 44.2 Å².